The van der Waals surface area contributed by atoms with Crippen LogP contribution in [0, 0.1) is 21.8 Å². The summed E-state index contributed by atoms with van der Waals surface area (Å²) in [4.78, 5) is 21.7. The van der Waals surface area contributed by atoms with Gasteiger partial charge in [0.2, 0.25) is 5.75 Å². The maximum atomic E-state index is 13.4. The number of carbonyl (C=O) groups is 1. The van der Waals surface area contributed by atoms with Crippen molar-refractivity contribution in [2.75, 3.05) is 6.54 Å². The van der Waals surface area contributed by atoms with Gasteiger partial charge in [0, 0.05) is 18.2 Å². The summed E-state index contributed by atoms with van der Waals surface area (Å²) in [6.07, 6.45) is 5.58. The number of phenolic OH excluding ortho intramolecular Hbond substituents is 1. The summed E-state index contributed by atoms with van der Waals surface area (Å²) in [7, 11) is 0. The minimum absolute atomic E-state index is 0.159. The Labute approximate surface area is 121 Å². The third-order valence-electron chi connectivity index (χ3n) is 3.78. The number of benzene rings is 1. The van der Waals surface area contributed by atoms with E-state index in [1.165, 1.54) is 6.42 Å². The summed E-state index contributed by atoms with van der Waals surface area (Å²) >= 11 is 0. The zero-order valence-electron chi connectivity index (χ0n) is 11.5. The molecule has 0 radical (unpaired) electrons. The molecule has 0 unspecified atom stereocenters. The number of nitrogens with one attached hydrogen (secondary N) is 1. The van der Waals surface area contributed by atoms with Crippen molar-refractivity contribution in [2.24, 2.45) is 5.92 Å². The van der Waals surface area contributed by atoms with Crippen LogP contribution in [0.3, 0.4) is 0 Å². The first-order valence-electron chi connectivity index (χ1n) is 6.94. The first kappa shape index (κ1) is 15.2. The quantitative estimate of drug-likeness (QED) is 0.660. The summed E-state index contributed by atoms with van der Waals surface area (Å²) in [6, 6.07) is 1.69. The van der Waals surface area contributed by atoms with Gasteiger partial charge in [-0.25, -0.2) is 4.39 Å². The monoisotopic (exact) mass is 296 g/mol. The fourth-order valence-corrected chi connectivity index (χ4v) is 2.59. The number of phenols is 1. The molecule has 1 aromatic carbocycles. The van der Waals surface area contributed by atoms with Crippen molar-refractivity contribution in [1.82, 2.24) is 5.32 Å². The van der Waals surface area contributed by atoms with Crippen molar-refractivity contribution in [3.8, 4) is 5.75 Å². The van der Waals surface area contributed by atoms with Crippen LogP contribution in [0.2, 0.25) is 0 Å². The van der Waals surface area contributed by atoms with E-state index in [0.717, 1.165) is 37.8 Å². The Bertz CT molecular complexity index is 556. The van der Waals surface area contributed by atoms with Crippen molar-refractivity contribution in [3.05, 3.63) is 33.6 Å². The van der Waals surface area contributed by atoms with Gasteiger partial charge in [0.1, 0.15) is 0 Å². The molecule has 0 aromatic heterocycles. The van der Waals surface area contributed by atoms with Gasteiger partial charge in [-0.1, -0.05) is 19.3 Å². The molecule has 1 amide bonds. The molecule has 0 heterocycles. The lowest BCUT2D eigenvalue weighted by Crippen LogP contribution is -2.30. The van der Waals surface area contributed by atoms with Crippen molar-refractivity contribution >= 4 is 11.6 Å². The highest BCUT2D eigenvalue weighted by molar-refractivity contribution is 5.95. The second kappa shape index (κ2) is 6.51. The van der Waals surface area contributed by atoms with Crippen molar-refractivity contribution in [1.29, 1.82) is 0 Å². The van der Waals surface area contributed by atoms with Crippen molar-refractivity contribution in [3.63, 3.8) is 0 Å². The van der Waals surface area contributed by atoms with Gasteiger partial charge in [0.15, 0.2) is 5.82 Å². The Hall–Kier alpha value is -2.18. The number of rotatable bonds is 4. The minimum atomic E-state index is -1.17. The molecule has 0 spiro atoms. The number of amides is 1. The van der Waals surface area contributed by atoms with Gasteiger partial charge >= 0.3 is 5.69 Å². The molecule has 2 rings (SSSR count). The van der Waals surface area contributed by atoms with Gasteiger partial charge in [-0.05, 0) is 24.8 Å². The van der Waals surface area contributed by atoms with Crippen LogP contribution in [0.4, 0.5) is 10.1 Å². The van der Waals surface area contributed by atoms with Gasteiger partial charge in [-0.15, -0.1) is 0 Å². The summed E-state index contributed by atoms with van der Waals surface area (Å²) in [5.41, 5.74) is -0.967. The Morgan fingerprint density at radius 3 is 2.67 bits per heavy atom. The van der Waals surface area contributed by atoms with E-state index in [9.17, 15) is 24.4 Å². The van der Waals surface area contributed by atoms with Crippen LogP contribution in [0.1, 0.15) is 42.5 Å². The van der Waals surface area contributed by atoms with Crippen LogP contribution in [-0.2, 0) is 0 Å². The van der Waals surface area contributed by atoms with Crippen molar-refractivity contribution < 1.29 is 19.2 Å². The summed E-state index contributed by atoms with van der Waals surface area (Å²) in [5, 5.41) is 22.6. The topological polar surface area (TPSA) is 92.5 Å². The standard InChI is InChI=1S/C14H17FN2O4/c15-11-6-10(7-12(13(11)18)17(20)21)14(19)16-8-9-4-2-1-3-5-9/h6-7,9,18H,1-5,8H2,(H,16,19). The molecule has 6 nitrogen and oxygen atoms in total. The lowest BCUT2D eigenvalue weighted by atomic mass is 9.89. The second-order valence-electron chi connectivity index (χ2n) is 5.30. The third kappa shape index (κ3) is 3.68. The molecule has 0 atom stereocenters. The number of aromatic hydroxyl groups is 1. The number of carbonyl (C=O) groups excluding carboxylic acids is 1. The first-order valence-corrected chi connectivity index (χ1v) is 6.94. The summed E-state index contributed by atoms with van der Waals surface area (Å²) < 4.78 is 13.4. The molecule has 0 saturated heterocycles. The van der Waals surface area contributed by atoms with E-state index in [2.05, 4.69) is 5.32 Å². The van der Waals surface area contributed by atoms with Gasteiger partial charge in [-0.3, -0.25) is 14.9 Å². The molecule has 2 N–H and O–H groups in total. The molecule has 21 heavy (non-hydrogen) atoms. The van der Waals surface area contributed by atoms with Gasteiger partial charge < -0.3 is 10.4 Å². The van der Waals surface area contributed by atoms with Crippen molar-refractivity contribution in [2.45, 2.75) is 32.1 Å². The summed E-state index contributed by atoms with van der Waals surface area (Å²) in [5.74, 6) is -2.39. The maximum absolute atomic E-state index is 13.4. The molecule has 7 heteroatoms. The van der Waals surface area contributed by atoms with E-state index in [0.29, 0.717) is 12.5 Å². The molecule has 1 aliphatic rings. The maximum Gasteiger partial charge on any atom is 0.314 e. The van der Waals surface area contributed by atoms with Crippen LogP contribution < -0.4 is 5.32 Å². The largest absolute Gasteiger partial charge is 0.500 e. The Balaban J connectivity index is 2.06. The Kier molecular flexibility index (Phi) is 4.72. The zero-order chi connectivity index (χ0) is 15.4. The normalized spacial score (nSPS) is 15.7. The lowest BCUT2D eigenvalue weighted by molar-refractivity contribution is -0.386. The predicted molar refractivity (Wildman–Crippen MR) is 73.6 cm³/mol. The van der Waals surface area contributed by atoms with Gasteiger partial charge in [0.05, 0.1) is 4.92 Å². The molecular formula is C14H17FN2O4. The average molecular weight is 296 g/mol. The van der Waals surface area contributed by atoms with Crippen LogP contribution >= 0.6 is 0 Å². The molecule has 0 aliphatic heterocycles. The molecule has 1 fully saturated rings. The highest BCUT2D eigenvalue weighted by Gasteiger charge is 2.22. The molecule has 114 valence electrons. The number of nitro groups is 1. The molecular weight excluding hydrogens is 279 g/mol. The van der Waals surface area contributed by atoms with E-state index >= 15 is 0 Å². The Morgan fingerprint density at radius 2 is 2.05 bits per heavy atom. The number of hydrogen-bond donors (Lipinski definition) is 2. The van der Waals surface area contributed by atoms with E-state index in [4.69, 9.17) is 0 Å². The fourth-order valence-electron chi connectivity index (χ4n) is 2.59. The highest BCUT2D eigenvalue weighted by atomic mass is 19.1. The van der Waals surface area contributed by atoms with Crippen LogP contribution in [0.5, 0.6) is 5.75 Å². The van der Waals surface area contributed by atoms with E-state index in [1.807, 2.05) is 0 Å². The van der Waals surface area contributed by atoms with Crippen LogP contribution in [0.25, 0.3) is 0 Å². The smallest absolute Gasteiger partial charge is 0.314 e. The highest BCUT2D eigenvalue weighted by Crippen LogP contribution is 2.30. The minimum Gasteiger partial charge on any atom is -0.500 e. The van der Waals surface area contributed by atoms with E-state index in [1.54, 1.807) is 0 Å². The second-order valence-corrected chi connectivity index (χ2v) is 5.30. The SMILES string of the molecule is O=C(NCC1CCCCC1)c1cc(F)c(O)c([N+](=O)[O-])c1. The van der Waals surface area contributed by atoms with E-state index < -0.39 is 28.1 Å². The molecule has 1 aliphatic carbocycles. The van der Waals surface area contributed by atoms with E-state index in [-0.39, 0.29) is 5.56 Å². The number of hydrogen-bond acceptors (Lipinski definition) is 4. The molecule has 0 bridgehead atoms. The summed E-state index contributed by atoms with van der Waals surface area (Å²) in [6.45, 7) is 0.481. The van der Waals surface area contributed by atoms with Gasteiger partial charge in [-0.2, -0.15) is 0 Å². The molecule has 1 saturated carbocycles. The lowest BCUT2D eigenvalue weighted by Gasteiger charge is -2.21. The predicted octanol–water partition coefficient (Wildman–Crippen LogP) is 2.75. The number of nitrogens with zero attached hydrogens (tertiary/aromatic N) is 1. The number of nitro benzene ring substituents is 1. The zero-order valence-corrected chi connectivity index (χ0v) is 11.5. The average Bonchev–Trinajstić information content (AvgIpc) is 2.48. The fraction of sp³-hybridized carbons (Fsp3) is 0.500. The number of halogens is 1. The van der Waals surface area contributed by atoms with Crippen LogP contribution in [0.15, 0.2) is 12.1 Å². The Morgan fingerprint density at radius 1 is 1.38 bits per heavy atom. The van der Waals surface area contributed by atoms with Gasteiger partial charge in [0.25, 0.3) is 5.91 Å². The molecule has 1 aromatic rings. The third-order valence-corrected chi connectivity index (χ3v) is 3.78. The van der Waals surface area contributed by atoms with Crippen LogP contribution in [-0.4, -0.2) is 22.5 Å². The first-order chi connectivity index (χ1) is 9.99.